The second-order valence-electron chi connectivity index (χ2n) is 5.02. The lowest BCUT2D eigenvalue weighted by Crippen LogP contribution is -2.23. The summed E-state index contributed by atoms with van der Waals surface area (Å²) in [5.41, 5.74) is 1.34. The van der Waals surface area contributed by atoms with E-state index < -0.39 is 5.78 Å². The second kappa shape index (κ2) is 5.81. The fourth-order valence-electron chi connectivity index (χ4n) is 2.47. The van der Waals surface area contributed by atoms with Gasteiger partial charge in [-0.15, -0.1) is 0 Å². The van der Waals surface area contributed by atoms with Crippen molar-refractivity contribution in [2.45, 2.75) is 12.8 Å². The van der Waals surface area contributed by atoms with Crippen LogP contribution in [-0.4, -0.2) is 26.9 Å². The van der Waals surface area contributed by atoms with E-state index in [1.165, 1.54) is 0 Å². The molecule has 0 amide bonds. The molecule has 1 heterocycles. The van der Waals surface area contributed by atoms with Gasteiger partial charge < -0.3 is 10.4 Å². The minimum Gasteiger partial charge on any atom is -0.561 e. The van der Waals surface area contributed by atoms with Crippen molar-refractivity contribution in [3.8, 4) is 0 Å². The molecule has 2 aromatic rings. The van der Waals surface area contributed by atoms with Gasteiger partial charge in [0.05, 0.1) is 15.3 Å². The molecule has 0 saturated heterocycles. The molecular weight excluding hydrogens is 280 g/mol. The van der Waals surface area contributed by atoms with Gasteiger partial charge in [0.1, 0.15) is 0 Å². The quantitative estimate of drug-likeness (QED) is 0.640. The van der Waals surface area contributed by atoms with E-state index >= 15 is 0 Å². The Morgan fingerprint density at radius 2 is 1.36 bits per heavy atom. The molecule has 2 aromatic carbocycles. The lowest BCUT2D eigenvalue weighted by Gasteiger charge is -1.99. The van der Waals surface area contributed by atoms with Crippen LogP contribution in [0.2, 0.25) is 0 Å². The summed E-state index contributed by atoms with van der Waals surface area (Å²) in [6, 6.07) is 18.1. The zero-order valence-corrected chi connectivity index (χ0v) is 11.8. The average molecular weight is 294 g/mol. The Balaban J connectivity index is 1.82. The van der Waals surface area contributed by atoms with Crippen molar-refractivity contribution in [3.63, 3.8) is 0 Å². The fraction of sp³-hybridized carbons (Fsp3) is 0.118. The molecule has 5 nitrogen and oxygen atoms in total. The third-order valence-corrected chi connectivity index (χ3v) is 3.60. The van der Waals surface area contributed by atoms with Crippen LogP contribution in [0.1, 0.15) is 17.5 Å². The molecular formula is C17H14N2O3. The molecule has 3 rings (SSSR count). The van der Waals surface area contributed by atoms with Gasteiger partial charge in [0.15, 0.2) is 0 Å². The number of hydrazone groups is 2. The standard InChI is InChI=1S/C17H14N2O3/c20-17-15(12-11-13-7-3-1-4-8-13)18(21)19(22)16(17)14-9-5-2-6-10-14/h1-10H,11-12H2. The highest BCUT2D eigenvalue weighted by molar-refractivity contribution is 6.68. The molecule has 0 aromatic heterocycles. The molecule has 22 heavy (non-hydrogen) atoms. The Kier molecular flexibility index (Phi) is 3.70. The van der Waals surface area contributed by atoms with E-state index in [-0.39, 0.29) is 27.5 Å². The first-order valence-corrected chi connectivity index (χ1v) is 6.99. The number of hydrogen-bond donors (Lipinski definition) is 0. The van der Waals surface area contributed by atoms with Crippen LogP contribution in [0.25, 0.3) is 0 Å². The average Bonchev–Trinajstić information content (AvgIpc) is 2.77. The molecule has 1 aliphatic heterocycles. The summed E-state index contributed by atoms with van der Waals surface area (Å²) in [6.07, 6.45) is 0.776. The van der Waals surface area contributed by atoms with Crippen molar-refractivity contribution in [2.75, 3.05) is 0 Å². The summed E-state index contributed by atoms with van der Waals surface area (Å²) in [7, 11) is 0. The Morgan fingerprint density at radius 1 is 0.773 bits per heavy atom. The fourth-order valence-corrected chi connectivity index (χ4v) is 2.47. The van der Waals surface area contributed by atoms with E-state index in [2.05, 4.69) is 0 Å². The van der Waals surface area contributed by atoms with Crippen molar-refractivity contribution in [2.24, 2.45) is 0 Å². The molecule has 5 heteroatoms. The van der Waals surface area contributed by atoms with Crippen LogP contribution in [-0.2, 0) is 11.2 Å². The Bertz CT molecular complexity index is 765. The molecule has 0 radical (unpaired) electrons. The second-order valence-corrected chi connectivity index (χ2v) is 5.02. The molecule has 0 atom stereocenters. The van der Waals surface area contributed by atoms with Gasteiger partial charge in [-0.1, -0.05) is 48.5 Å². The topological polar surface area (TPSA) is 69.2 Å². The molecule has 0 N–H and O–H groups in total. The summed E-state index contributed by atoms with van der Waals surface area (Å²) in [6.45, 7) is 0. The summed E-state index contributed by atoms with van der Waals surface area (Å²) in [5.74, 6) is -0.493. The first kappa shape index (κ1) is 14.0. The molecule has 110 valence electrons. The normalized spacial score (nSPS) is 14.8. The predicted octanol–water partition coefficient (Wildman–Crippen LogP) is 2.07. The minimum absolute atomic E-state index is 0.0160. The maximum absolute atomic E-state index is 12.4. The van der Waals surface area contributed by atoms with Gasteiger partial charge in [-0.25, -0.2) is 0 Å². The highest BCUT2D eigenvalue weighted by atomic mass is 16.7. The molecule has 1 aliphatic rings. The van der Waals surface area contributed by atoms with Crippen LogP contribution in [0.5, 0.6) is 0 Å². The summed E-state index contributed by atoms with van der Waals surface area (Å²) < 4.78 is 0. The van der Waals surface area contributed by atoms with Crippen LogP contribution in [0, 0.1) is 10.4 Å². The number of aryl methyl sites for hydroxylation is 1. The van der Waals surface area contributed by atoms with Gasteiger partial charge in [-0.2, -0.15) is 0 Å². The van der Waals surface area contributed by atoms with Gasteiger partial charge >= 0.3 is 17.2 Å². The molecule has 0 saturated carbocycles. The van der Waals surface area contributed by atoms with Crippen LogP contribution >= 0.6 is 0 Å². The van der Waals surface area contributed by atoms with Crippen LogP contribution in [0.3, 0.4) is 0 Å². The van der Waals surface area contributed by atoms with Crippen LogP contribution in [0.15, 0.2) is 60.7 Å². The van der Waals surface area contributed by atoms with Crippen LogP contribution in [0.4, 0.5) is 0 Å². The largest absolute Gasteiger partial charge is 0.561 e. The van der Waals surface area contributed by atoms with Crippen molar-refractivity contribution in [1.82, 2.24) is 0 Å². The van der Waals surface area contributed by atoms with Crippen molar-refractivity contribution in [1.29, 1.82) is 0 Å². The van der Waals surface area contributed by atoms with Gasteiger partial charge in [0.2, 0.25) is 0 Å². The van der Waals surface area contributed by atoms with E-state index in [0.29, 0.717) is 12.0 Å². The van der Waals surface area contributed by atoms with E-state index in [1.807, 2.05) is 30.3 Å². The highest BCUT2D eigenvalue weighted by Crippen LogP contribution is 2.12. The van der Waals surface area contributed by atoms with E-state index in [0.717, 1.165) is 5.56 Å². The first-order chi connectivity index (χ1) is 10.7. The number of ketones is 1. The number of nitrogens with zero attached hydrogens (tertiary/aromatic N) is 2. The molecule has 0 spiro atoms. The molecule has 0 aliphatic carbocycles. The first-order valence-electron chi connectivity index (χ1n) is 6.99. The van der Waals surface area contributed by atoms with Crippen LogP contribution < -0.4 is 0 Å². The minimum atomic E-state index is -0.493. The Labute approximate surface area is 127 Å². The SMILES string of the molecule is O=C1C(CCc2ccccc2)=[N+]([O-])[N+]([O-])=C1c1ccccc1. The third-order valence-electron chi connectivity index (χ3n) is 3.60. The number of Topliss-reactive ketones (excluding diaryl/α,β-unsaturated/α-hetero) is 1. The highest BCUT2D eigenvalue weighted by Gasteiger charge is 2.44. The van der Waals surface area contributed by atoms with Crippen molar-refractivity contribution >= 4 is 17.2 Å². The van der Waals surface area contributed by atoms with Crippen molar-refractivity contribution in [3.05, 3.63) is 82.2 Å². The lowest BCUT2D eigenvalue weighted by molar-refractivity contribution is -1.05. The number of carbonyl (C=O) groups excluding carboxylic acids is 1. The number of carbonyl (C=O) groups is 1. The van der Waals surface area contributed by atoms with E-state index in [4.69, 9.17) is 0 Å². The monoisotopic (exact) mass is 294 g/mol. The molecule has 0 unspecified atom stereocenters. The van der Waals surface area contributed by atoms with Crippen molar-refractivity contribution < 1.29 is 14.5 Å². The van der Waals surface area contributed by atoms with Gasteiger partial charge in [0.25, 0.3) is 0 Å². The molecule has 0 bridgehead atoms. The van der Waals surface area contributed by atoms with Gasteiger partial charge in [-0.05, 0) is 24.1 Å². The molecule has 0 fully saturated rings. The maximum atomic E-state index is 12.4. The van der Waals surface area contributed by atoms with E-state index in [9.17, 15) is 15.2 Å². The maximum Gasteiger partial charge on any atom is 0.348 e. The zero-order valence-electron chi connectivity index (χ0n) is 11.8. The lowest BCUT2D eigenvalue weighted by atomic mass is 10.00. The third kappa shape index (κ3) is 2.48. The summed E-state index contributed by atoms with van der Waals surface area (Å²) in [5, 5.41) is 24.0. The number of rotatable bonds is 4. The number of hydrazine groups is 1. The smallest absolute Gasteiger partial charge is 0.348 e. The number of benzene rings is 2. The summed E-state index contributed by atoms with van der Waals surface area (Å²) in [4.78, 5) is 12.7. The predicted molar refractivity (Wildman–Crippen MR) is 82.6 cm³/mol. The summed E-state index contributed by atoms with van der Waals surface area (Å²) >= 11 is 0. The van der Waals surface area contributed by atoms with E-state index in [1.54, 1.807) is 30.3 Å². The Morgan fingerprint density at radius 3 is 2.00 bits per heavy atom. The van der Waals surface area contributed by atoms with Gasteiger partial charge in [0, 0.05) is 6.42 Å². The van der Waals surface area contributed by atoms with Gasteiger partial charge in [-0.3, -0.25) is 4.79 Å². The Hall–Kier alpha value is -2.95. The zero-order chi connectivity index (χ0) is 15.5. The number of hydrogen-bond acceptors (Lipinski definition) is 3.